The van der Waals surface area contributed by atoms with E-state index in [0.29, 0.717) is 0 Å². The second-order valence-electron chi connectivity index (χ2n) is 0.455. The van der Waals surface area contributed by atoms with E-state index < -0.39 is 0 Å². The molecule has 0 fully saturated rings. The molecule has 2 radical (unpaired) electrons. The second kappa shape index (κ2) is 3.62. The fraction of sp³-hybridized carbons (Fsp3) is 0. The summed E-state index contributed by atoms with van der Waals surface area (Å²) in [6.07, 6.45) is 0. The SMILES string of the molecule is N=C(N)N.[S]. The molecular weight excluding hydrogens is 86.1 g/mol. The maximum Gasteiger partial charge on any atom is 0.183 e. The largest absolute Gasteiger partial charge is 0.370 e. The van der Waals surface area contributed by atoms with E-state index in [-0.39, 0.29) is 19.5 Å². The molecule has 0 rings (SSSR count). The second-order valence-corrected chi connectivity index (χ2v) is 0.455. The predicted octanol–water partition coefficient (Wildman–Crippen LogP) is -0.513. The van der Waals surface area contributed by atoms with Gasteiger partial charge in [-0.05, 0) is 0 Å². The van der Waals surface area contributed by atoms with Gasteiger partial charge in [-0.25, -0.2) is 0 Å². The van der Waals surface area contributed by atoms with E-state index in [4.69, 9.17) is 5.41 Å². The smallest absolute Gasteiger partial charge is 0.183 e. The molecule has 30 valence electrons. The minimum atomic E-state index is -0.333. The number of hydrogen-bond donors (Lipinski definition) is 3. The number of hydrogen-bond acceptors (Lipinski definition) is 1. The first-order chi connectivity index (χ1) is 1.73. The Morgan fingerprint density at radius 1 is 1.40 bits per heavy atom. The molecule has 5 heavy (non-hydrogen) atoms. The van der Waals surface area contributed by atoms with Crippen LogP contribution in [0, 0.1) is 5.41 Å². The van der Waals surface area contributed by atoms with Crippen molar-refractivity contribution in [3.05, 3.63) is 0 Å². The van der Waals surface area contributed by atoms with Crippen molar-refractivity contribution in [3.63, 3.8) is 0 Å². The van der Waals surface area contributed by atoms with E-state index in [1.165, 1.54) is 0 Å². The molecule has 4 heteroatoms. The van der Waals surface area contributed by atoms with E-state index in [1.54, 1.807) is 0 Å². The van der Waals surface area contributed by atoms with Crippen LogP contribution in [0.15, 0.2) is 0 Å². The molecule has 0 saturated carbocycles. The van der Waals surface area contributed by atoms with E-state index in [9.17, 15) is 0 Å². The lowest BCUT2D eigenvalue weighted by molar-refractivity contribution is 1.39. The van der Waals surface area contributed by atoms with Crippen LogP contribution in [0.1, 0.15) is 0 Å². The van der Waals surface area contributed by atoms with Gasteiger partial charge in [-0.1, -0.05) is 0 Å². The molecule has 0 heterocycles. The monoisotopic (exact) mass is 91.0 g/mol. The maximum absolute atomic E-state index is 6.06. The van der Waals surface area contributed by atoms with Gasteiger partial charge < -0.3 is 11.5 Å². The molecule has 0 saturated heterocycles. The maximum atomic E-state index is 6.06. The Morgan fingerprint density at radius 2 is 1.40 bits per heavy atom. The van der Waals surface area contributed by atoms with Crippen molar-refractivity contribution in [3.8, 4) is 0 Å². The predicted molar refractivity (Wildman–Crippen MR) is 23.7 cm³/mol. The highest BCUT2D eigenvalue weighted by molar-refractivity contribution is 7.59. The zero-order valence-corrected chi connectivity index (χ0v) is 3.38. The molecule has 0 aromatic rings. The van der Waals surface area contributed by atoms with Crippen molar-refractivity contribution >= 4 is 19.5 Å². The van der Waals surface area contributed by atoms with Crippen LogP contribution in [0.2, 0.25) is 0 Å². The lowest BCUT2D eigenvalue weighted by Crippen LogP contribution is -2.20. The van der Waals surface area contributed by atoms with Gasteiger partial charge in [-0.2, -0.15) is 0 Å². The zero-order valence-electron chi connectivity index (χ0n) is 2.56. The van der Waals surface area contributed by atoms with E-state index in [0.717, 1.165) is 0 Å². The third-order valence-electron chi connectivity index (χ3n) is 0. The molecule has 5 N–H and O–H groups in total. The summed E-state index contributed by atoms with van der Waals surface area (Å²) in [5, 5.41) is 6.06. The van der Waals surface area contributed by atoms with Gasteiger partial charge in [0, 0.05) is 13.5 Å². The van der Waals surface area contributed by atoms with Crippen LogP contribution in [-0.2, 0) is 0 Å². The van der Waals surface area contributed by atoms with E-state index in [2.05, 4.69) is 11.5 Å². The van der Waals surface area contributed by atoms with Crippen molar-refractivity contribution in [2.75, 3.05) is 0 Å². The highest BCUT2D eigenvalue weighted by Gasteiger charge is 1.52. The fourth-order valence-electron chi connectivity index (χ4n) is 0. The fourth-order valence-corrected chi connectivity index (χ4v) is 0. The highest BCUT2D eigenvalue weighted by atomic mass is 32.1. The Morgan fingerprint density at radius 3 is 1.40 bits per heavy atom. The Bertz CT molecular complexity index is 29.9. The van der Waals surface area contributed by atoms with Crippen LogP contribution in [0.5, 0.6) is 0 Å². The highest BCUT2D eigenvalue weighted by Crippen LogP contribution is 1.13. The third kappa shape index (κ3) is 65.8. The Hall–Kier alpha value is -0.380. The average Bonchev–Trinajstić information content (AvgIpc) is 0.811. The number of nitrogens with one attached hydrogen (secondary N) is 1. The van der Waals surface area contributed by atoms with Crippen LogP contribution < -0.4 is 11.5 Å². The Labute approximate surface area is 37.3 Å². The minimum absolute atomic E-state index is 0. The van der Waals surface area contributed by atoms with Crippen molar-refractivity contribution in [1.82, 2.24) is 0 Å². The van der Waals surface area contributed by atoms with Crippen molar-refractivity contribution in [2.45, 2.75) is 0 Å². The summed E-state index contributed by atoms with van der Waals surface area (Å²) in [7, 11) is 0. The normalized spacial score (nSPS) is 4.80. The Balaban J connectivity index is 0. The van der Waals surface area contributed by atoms with Crippen molar-refractivity contribution < 1.29 is 0 Å². The molecule has 0 bridgehead atoms. The first kappa shape index (κ1) is 8.82. The molecule has 0 unspecified atom stereocenters. The van der Waals surface area contributed by atoms with Gasteiger partial charge in [0.1, 0.15) is 0 Å². The Kier molecular flexibility index (Phi) is 6.39. The molecule has 0 aliphatic rings. The van der Waals surface area contributed by atoms with Crippen molar-refractivity contribution in [1.29, 1.82) is 5.41 Å². The average molecular weight is 91.1 g/mol. The first-order valence-electron chi connectivity index (χ1n) is 0.827. The van der Waals surface area contributed by atoms with Gasteiger partial charge in [0.25, 0.3) is 0 Å². The first-order valence-corrected chi connectivity index (χ1v) is 0.827. The molecule has 0 aliphatic heterocycles. The van der Waals surface area contributed by atoms with Crippen LogP contribution in [0.3, 0.4) is 0 Å². The van der Waals surface area contributed by atoms with Gasteiger partial charge in [-0.3, -0.25) is 5.41 Å². The van der Waals surface area contributed by atoms with Crippen LogP contribution in [0.4, 0.5) is 0 Å². The lowest BCUT2D eigenvalue weighted by Gasteiger charge is -1.69. The molecule has 0 aliphatic carbocycles. The summed E-state index contributed by atoms with van der Waals surface area (Å²) in [6.45, 7) is 0. The van der Waals surface area contributed by atoms with Gasteiger partial charge in [-0.15, -0.1) is 0 Å². The number of rotatable bonds is 0. The standard InChI is InChI=1S/CH5N3.S/c2-1(3)4;/h(H5,2,3,4);. The molecule has 0 atom stereocenters. The molecule has 0 aromatic carbocycles. The zero-order chi connectivity index (χ0) is 3.58. The summed E-state index contributed by atoms with van der Waals surface area (Å²) < 4.78 is 0. The number of guanidine groups is 1. The topological polar surface area (TPSA) is 75.9 Å². The van der Waals surface area contributed by atoms with Crippen LogP contribution >= 0.6 is 13.5 Å². The lowest BCUT2D eigenvalue weighted by atomic mass is 11.1. The van der Waals surface area contributed by atoms with Crippen LogP contribution in [-0.4, -0.2) is 5.96 Å². The van der Waals surface area contributed by atoms with Gasteiger partial charge in [0.05, 0.1) is 0 Å². The molecular formula is CH5N3S. The summed E-state index contributed by atoms with van der Waals surface area (Å²) in [4.78, 5) is 0. The summed E-state index contributed by atoms with van der Waals surface area (Å²) in [6, 6.07) is 0. The third-order valence-corrected chi connectivity index (χ3v) is 0. The van der Waals surface area contributed by atoms with Gasteiger partial charge in [0.2, 0.25) is 0 Å². The summed E-state index contributed by atoms with van der Waals surface area (Å²) >= 11 is 0. The molecule has 0 spiro atoms. The summed E-state index contributed by atoms with van der Waals surface area (Å²) in [5.41, 5.74) is 8.94. The quantitative estimate of drug-likeness (QED) is 0.277. The number of nitrogens with two attached hydrogens (primary N) is 2. The van der Waals surface area contributed by atoms with Crippen LogP contribution in [0.25, 0.3) is 0 Å². The summed E-state index contributed by atoms with van der Waals surface area (Å²) in [5.74, 6) is -0.333. The molecule has 0 aromatic heterocycles. The van der Waals surface area contributed by atoms with E-state index >= 15 is 0 Å². The van der Waals surface area contributed by atoms with Gasteiger partial charge in [0.15, 0.2) is 5.96 Å². The van der Waals surface area contributed by atoms with Crippen molar-refractivity contribution in [2.24, 2.45) is 11.5 Å². The minimum Gasteiger partial charge on any atom is -0.370 e. The molecule has 0 amide bonds. The van der Waals surface area contributed by atoms with Gasteiger partial charge >= 0.3 is 0 Å². The molecule has 3 nitrogen and oxygen atoms in total. The van der Waals surface area contributed by atoms with E-state index in [1.807, 2.05) is 0 Å².